The quantitative estimate of drug-likeness (QED) is 0.646. The normalized spacial score (nSPS) is 15.5. The first-order valence-corrected chi connectivity index (χ1v) is 11.7. The number of amides is 1. The molecule has 0 aliphatic carbocycles. The Balaban J connectivity index is 1.68. The SMILES string of the molecule is COc1ccc(N(C)S(=O)(=O)c2cccc(C(=O)NC3CCN(CC(F)F)CC3)c2)cc1. The van der Waals surface area contributed by atoms with Gasteiger partial charge in [-0.15, -0.1) is 0 Å². The summed E-state index contributed by atoms with van der Waals surface area (Å²) >= 11 is 0. The second kappa shape index (κ2) is 10.3. The van der Waals surface area contributed by atoms with Crippen molar-refractivity contribution in [3.8, 4) is 5.75 Å². The van der Waals surface area contributed by atoms with Gasteiger partial charge < -0.3 is 10.1 Å². The van der Waals surface area contributed by atoms with E-state index in [0.29, 0.717) is 37.4 Å². The number of rotatable bonds is 8. The molecule has 0 saturated carbocycles. The van der Waals surface area contributed by atoms with E-state index in [4.69, 9.17) is 4.74 Å². The molecule has 0 aromatic heterocycles. The van der Waals surface area contributed by atoms with Crippen molar-refractivity contribution in [1.29, 1.82) is 0 Å². The van der Waals surface area contributed by atoms with Crippen molar-refractivity contribution in [2.45, 2.75) is 30.2 Å². The van der Waals surface area contributed by atoms with E-state index in [1.54, 1.807) is 35.2 Å². The second-order valence-electron chi connectivity index (χ2n) is 7.64. The van der Waals surface area contributed by atoms with Crippen molar-refractivity contribution < 1.29 is 26.7 Å². The zero-order valence-corrected chi connectivity index (χ0v) is 18.8. The van der Waals surface area contributed by atoms with Gasteiger partial charge in [-0.3, -0.25) is 14.0 Å². The van der Waals surface area contributed by atoms with Gasteiger partial charge in [0.2, 0.25) is 0 Å². The summed E-state index contributed by atoms with van der Waals surface area (Å²) < 4.78 is 57.4. The number of nitrogens with zero attached hydrogens (tertiary/aromatic N) is 2. The van der Waals surface area contributed by atoms with Gasteiger partial charge in [0.1, 0.15) is 5.75 Å². The van der Waals surface area contributed by atoms with Crippen LogP contribution in [0.3, 0.4) is 0 Å². The first-order chi connectivity index (χ1) is 15.2. The zero-order valence-electron chi connectivity index (χ0n) is 18.0. The topological polar surface area (TPSA) is 78.9 Å². The fourth-order valence-electron chi connectivity index (χ4n) is 3.61. The Morgan fingerprint density at radius 2 is 1.84 bits per heavy atom. The van der Waals surface area contributed by atoms with Crippen LogP contribution in [-0.4, -0.2) is 65.5 Å². The fraction of sp³-hybridized carbons (Fsp3) is 0.409. The molecule has 2 aromatic rings. The highest BCUT2D eigenvalue weighted by Gasteiger charge is 2.25. The number of alkyl halides is 2. The number of carbonyl (C=O) groups is 1. The Kier molecular flexibility index (Phi) is 7.68. The molecule has 0 atom stereocenters. The van der Waals surface area contributed by atoms with Crippen LogP contribution in [0.1, 0.15) is 23.2 Å². The average molecular weight is 468 g/mol. The number of ether oxygens (including phenoxy) is 1. The van der Waals surface area contributed by atoms with Crippen LogP contribution in [0.15, 0.2) is 53.4 Å². The lowest BCUT2D eigenvalue weighted by Gasteiger charge is -2.32. The molecule has 32 heavy (non-hydrogen) atoms. The van der Waals surface area contributed by atoms with E-state index in [1.165, 1.54) is 32.4 Å². The van der Waals surface area contributed by atoms with Crippen molar-refractivity contribution in [2.75, 3.05) is 38.1 Å². The Labute approximate surface area is 187 Å². The minimum Gasteiger partial charge on any atom is -0.497 e. The van der Waals surface area contributed by atoms with Crippen LogP contribution in [0.2, 0.25) is 0 Å². The molecule has 1 heterocycles. The lowest BCUT2D eigenvalue weighted by Crippen LogP contribution is -2.45. The Bertz CT molecular complexity index is 1020. The van der Waals surface area contributed by atoms with Crippen LogP contribution in [0.25, 0.3) is 0 Å². The first kappa shape index (κ1) is 23.9. The molecule has 1 aliphatic rings. The average Bonchev–Trinajstić information content (AvgIpc) is 2.79. The second-order valence-corrected chi connectivity index (χ2v) is 9.61. The van der Waals surface area contributed by atoms with Crippen molar-refractivity contribution in [3.63, 3.8) is 0 Å². The molecule has 1 fully saturated rings. The smallest absolute Gasteiger partial charge is 0.264 e. The highest BCUT2D eigenvalue weighted by Crippen LogP contribution is 2.25. The third kappa shape index (κ3) is 5.74. The van der Waals surface area contributed by atoms with Crippen LogP contribution in [0.4, 0.5) is 14.5 Å². The van der Waals surface area contributed by atoms with Crippen LogP contribution in [0, 0.1) is 0 Å². The van der Waals surface area contributed by atoms with E-state index in [-0.39, 0.29) is 29.0 Å². The van der Waals surface area contributed by atoms with Gasteiger partial charge >= 0.3 is 0 Å². The van der Waals surface area contributed by atoms with Gasteiger partial charge in [-0.25, -0.2) is 17.2 Å². The van der Waals surface area contributed by atoms with Gasteiger partial charge in [0.05, 0.1) is 24.2 Å². The monoisotopic (exact) mass is 467 g/mol. The standard InChI is InChI=1S/C22H27F2N3O4S/c1-26(18-6-8-19(31-2)9-7-18)32(29,30)20-5-3-4-16(14-20)22(28)25-17-10-12-27(13-11-17)15-21(23)24/h3-9,14,17,21H,10-13,15H2,1-2H3,(H,25,28). The molecule has 174 valence electrons. The van der Waals surface area contributed by atoms with Gasteiger partial charge in [0, 0.05) is 31.7 Å². The predicted octanol–water partition coefficient (Wildman–Crippen LogP) is 2.98. The summed E-state index contributed by atoms with van der Waals surface area (Å²) in [5, 5.41) is 2.89. The highest BCUT2D eigenvalue weighted by atomic mass is 32.2. The number of likely N-dealkylation sites (tertiary alicyclic amines) is 1. The summed E-state index contributed by atoms with van der Waals surface area (Å²) in [6.45, 7) is 0.703. The number of sulfonamides is 1. The van der Waals surface area contributed by atoms with Gasteiger partial charge in [0.25, 0.3) is 22.4 Å². The van der Waals surface area contributed by atoms with Crippen molar-refractivity contribution in [3.05, 3.63) is 54.1 Å². The molecule has 0 unspecified atom stereocenters. The predicted molar refractivity (Wildman–Crippen MR) is 118 cm³/mol. The molecule has 1 amide bonds. The molecule has 0 bridgehead atoms. The molecule has 2 aromatic carbocycles. The molecular formula is C22H27F2N3O4S. The molecular weight excluding hydrogens is 440 g/mol. The molecule has 0 radical (unpaired) electrons. The summed E-state index contributed by atoms with van der Waals surface area (Å²) in [5.41, 5.74) is 0.681. The minimum absolute atomic E-state index is 0.00443. The molecule has 1 saturated heterocycles. The molecule has 10 heteroatoms. The van der Waals surface area contributed by atoms with E-state index in [0.717, 1.165) is 4.31 Å². The van der Waals surface area contributed by atoms with E-state index >= 15 is 0 Å². The lowest BCUT2D eigenvalue weighted by molar-refractivity contribution is 0.0696. The Hall–Kier alpha value is -2.72. The zero-order chi connectivity index (χ0) is 23.3. The Morgan fingerprint density at radius 1 is 1.19 bits per heavy atom. The first-order valence-electron chi connectivity index (χ1n) is 10.2. The Morgan fingerprint density at radius 3 is 2.44 bits per heavy atom. The van der Waals surface area contributed by atoms with Gasteiger partial charge in [0.15, 0.2) is 0 Å². The third-order valence-corrected chi connectivity index (χ3v) is 7.29. The van der Waals surface area contributed by atoms with Crippen LogP contribution in [0.5, 0.6) is 5.75 Å². The highest BCUT2D eigenvalue weighted by molar-refractivity contribution is 7.92. The molecule has 3 rings (SSSR count). The maximum atomic E-state index is 13.1. The number of carbonyl (C=O) groups excluding carboxylic acids is 1. The van der Waals surface area contributed by atoms with E-state index in [1.807, 2.05) is 0 Å². The number of benzene rings is 2. The number of halogens is 2. The van der Waals surface area contributed by atoms with Crippen LogP contribution in [-0.2, 0) is 10.0 Å². The van der Waals surface area contributed by atoms with Crippen molar-refractivity contribution in [1.82, 2.24) is 10.2 Å². The molecule has 0 spiro atoms. The minimum atomic E-state index is -3.88. The maximum absolute atomic E-state index is 13.1. The number of hydrogen-bond acceptors (Lipinski definition) is 5. The summed E-state index contributed by atoms with van der Waals surface area (Å²) in [6, 6.07) is 12.3. The summed E-state index contributed by atoms with van der Waals surface area (Å²) in [6.07, 6.45) is -1.24. The molecule has 1 N–H and O–H groups in total. The fourth-order valence-corrected chi connectivity index (χ4v) is 4.85. The van der Waals surface area contributed by atoms with E-state index in [2.05, 4.69) is 5.32 Å². The number of piperidine rings is 1. The van der Waals surface area contributed by atoms with Crippen molar-refractivity contribution in [2.24, 2.45) is 0 Å². The summed E-state index contributed by atoms with van der Waals surface area (Å²) in [5.74, 6) is 0.222. The molecule has 1 aliphatic heterocycles. The number of methoxy groups -OCH3 is 1. The number of anilines is 1. The van der Waals surface area contributed by atoms with E-state index < -0.39 is 16.4 Å². The van der Waals surface area contributed by atoms with Gasteiger partial charge in [-0.2, -0.15) is 0 Å². The van der Waals surface area contributed by atoms with Gasteiger partial charge in [-0.05, 0) is 55.3 Å². The molecule has 7 nitrogen and oxygen atoms in total. The van der Waals surface area contributed by atoms with E-state index in [9.17, 15) is 22.0 Å². The largest absolute Gasteiger partial charge is 0.497 e. The van der Waals surface area contributed by atoms with Crippen molar-refractivity contribution >= 4 is 21.6 Å². The summed E-state index contributed by atoms with van der Waals surface area (Å²) in [4.78, 5) is 14.4. The number of nitrogens with one attached hydrogen (secondary N) is 1. The van der Waals surface area contributed by atoms with Crippen LogP contribution >= 0.6 is 0 Å². The third-order valence-electron chi connectivity index (χ3n) is 5.51. The lowest BCUT2D eigenvalue weighted by atomic mass is 10.0. The maximum Gasteiger partial charge on any atom is 0.264 e. The van der Waals surface area contributed by atoms with Gasteiger partial charge in [-0.1, -0.05) is 6.07 Å². The van der Waals surface area contributed by atoms with Crippen LogP contribution < -0.4 is 14.4 Å². The summed E-state index contributed by atoms with van der Waals surface area (Å²) in [7, 11) is -0.917. The number of hydrogen-bond donors (Lipinski definition) is 1.